The lowest BCUT2D eigenvalue weighted by Crippen LogP contribution is -2.16. The summed E-state index contributed by atoms with van der Waals surface area (Å²) in [5.74, 6) is 6.29. The molecular formula is C24H24N2O3. The topological polar surface area (TPSA) is 64.4 Å². The highest BCUT2D eigenvalue weighted by molar-refractivity contribution is 5.87. The van der Waals surface area contributed by atoms with E-state index in [0.717, 1.165) is 24.0 Å². The Bertz CT molecular complexity index is 1010. The molecule has 0 spiro atoms. The molecule has 1 heterocycles. The number of aromatic nitrogens is 1. The molecule has 1 N–H and O–H groups in total. The maximum Gasteiger partial charge on any atom is 0.412 e. The molecule has 5 nitrogen and oxygen atoms in total. The van der Waals surface area contributed by atoms with E-state index in [0.29, 0.717) is 17.1 Å². The Morgan fingerprint density at radius 2 is 1.86 bits per heavy atom. The van der Waals surface area contributed by atoms with Crippen molar-refractivity contribution in [3.8, 4) is 11.8 Å². The van der Waals surface area contributed by atoms with Crippen LogP contribution in [0.25, 0.3) is 0 Å². The van der Waals surface area contributed by atoms with Crippen molar-refractivity contribution in [2.24, 2.45) is 0 Å². The van der Waals surface area contributed by atoms with E-state index in [1.54, 1.807) is 6.92 Å². The average molecular weight is 388 g/mol. The number of hydrogen-bond acceptors (Lipinski definition) is 4. The normalized spacial score (nSPS) is 11.3. The molecule has 29 heavy (non-hydrogen) atoms. The molecule has 0 fully saturated rings. The molecule has 5 heteroatoms. The van der Waals surface area contributed by atoms with Crippen molar-refractivity contribution in [2.75, 3.05) is 5.32 Å². The van der Waals surface area contributed by atoms with Crippen molar-refractivity contribution >= 4 is 11.8 Å². The van der Waals surface area contributed by atoms with E-state index in [4.69, 9.17) is 9.26 Å². The van der Waals surface area contributed by atoms with Gasteiger partial charge < -0.3 is 9.26 Å². The highest BCUT2D eigenvalue weighted by Gasteiger charge is 2.17. The van der Waals surface area contributed by atoms with Crippen LogP contribution in [0, 0.1) is 18.8 Å². The second-order valence-corrected chi connectivity index (χ2v) is 6.75. The molecule has 0 bridgehead atoms. The van der Waals surface area contributed by atoms with Crippen molar-refractivity contribution in [1.82, 2.24) is 5.16 Å². The van der Waals surface area contributed by atoms with Gasteiger partial charge in [-0.1, -0.05) is 66.9 Å². The molecule has 0 saturated carbocycles. The molecular weight excluding hydrogens is 364 g/mol. The van der Waals surface area contributed by atoms with Gasteiger partial charge in [-0.25, -0.2) is 4.79 Å². The second-order valence-electron chi connectivity index (χ2n) is 6.75. The van der Waals surface area contributed by atoms with E-state index < -0.39 is 6.09 Å². The third-order valence-corrected chi connectivity index (χ3v) is 4.46. The molecule has 1 atom stereocenters. The summed E-state index contributed by atoms with van der Waals surface area (Å²) in [5.41, 5.74) is 4.02. The third kappa shape index (κ3) is 5.49. The predicted octanol–water partition coefficient (Wildman–Crippen LogP) is 5.65. The number of aryl methyl sites for hydroxylation is 2. The zero-order valence-electron chi connectivity index (χ0n) is 16.9. The van der Waals surface area contributed by atoms with Gasteiger partial charge in [0.1, 0.15) is 17.5 Å². The Kier molecular flexibility index (Phi) is 6.70. The number of nitrogens with one attached hydrogen (secondary N) is 1. The van der Waals surface area contributed by atoms with Crippen molar-refractivity contribution < 1.29 is 14.1 Å². The van der Waals surface area contributed by atoms with Crippen LogP contribution in [-0.2, 0) is 11.2 Å². The molecule has 0 aliphatic heterocycles. The lowest BCUT2D eigenvalue weighted by atomic mass is 10.1. The minimum absolute atomic E-state index is 0.296. The fraction of sp³-hybridized carbons (Fsp3) is 0.250. The van der Waals surface area contributed by atoms with Crippen LogP contribution in [0.5, 0.6) is 0 Å². The maximum absolute atomic E-state index is 12.3. The van der Waals surface area contributed by atoms with Crippen molar-refractivity contribution in [1.29, 1.82) is 0 Å². The lowest BCUT2D eigenvalue weighted by Gasteiger charge is -2.13. The van der Waals surface area contributed by atoms with Crippen LogP contribution in [-0.4, -0.2) is 11.2 Å². The molecule has 0 aliphatic carbocycles. The number of anilines is 1. The smallest absolute Gasteiger partial charge is 0.412 e. The number of amides is 1. The van der Waals surface area contributed by atoms with E-state index in [1.165, 1.54) is 5.56 Å². The van der Waals surface area contributed by atoms with Gasteiger partial charge in [0.25, 0.3) is 0 Å². The molecule has 0 aliphatic rings. The van der Waals surface area contributed by atoms with Gasteiger partial charge >= 0.3 is 6.09 Å². The fourth-order valence-corrected chi connectivity index (χ4v) is 2.86. The molecule has 0 radical (unpaired) electrons. The van der Waals surface area contributed by atoms with Crippen LogP contribution in [0.2, 0.25) is 0 Å². The Morgan fingerprint density at radius 3 is 2.55 bits per heavy atom. The van der Waals surface area contributed by atoms with Gasteiger partial charge in [-0.3, -0.25) is 5.32 Å². The van der Waals surface area contributed by atoms with Gasteiger partial charge in [-0.2, -0.15) is 0 Å². The second kappa shape index (κ2) is 9.61. The number of carbonyl (C=O) groups excluding carboxylic acids is 1. The average Bonchev–Trinajstić information content (AvgIpc) is 3.07. The first-order valence-electron chi connectivity index (χ1n) is 9.66. The summed E-state index contributed by atoms with van der Waals surface area (Å²) >= 11 is 0. The minimum Gasteiger partial charge on any atom is -0.441 e. The first kappa shape index (κ1) is 20.2. The SMILES string of the molecule is CCCc1ccc(C#Cc2onc(C)c2NC(=O)O[C@H](C)c2ccccc2)cc1. The molecule has 1 amide bonds. The lowest BCUT2D eigenvalue weighted by molar-refractivity contribution is 0.121. The van der Waals surface area contributed by atoms with Crippen LogP contribution in [0.1, 0.15) is 54.5 Å². The predicted molar refractivity (Wildman–Crippen MR) is 113 cm³/mol. The van der Waals surface area contributed by atoms with Crippen LogP contribution in [0.4, 0.5) is 10.5 Å². The first-order chi connectivity index (χ1) is 14.1. The minimum atomic E-state index is -0.584. The van der Waals surface area contributed by atoms with Gasteiger partial charge in [0.15, 0.2) is 0 Å². The monoisotopic (exact) mass is 388 g/mol. The number of rotatable bonds is 5. The molecule has 0 unspecified atom stereocenters. The number of carbonyl (C=O) groups is 1. The van der Waals surface area contributed by atoms with Crippen LogP contribution >= 0.6 is 0 Å². The van der Waals surface area contributed by atoms with E-state index in [-0.39, 0.29) is 6.10 Å². The van der Waals surface area contributed by atoms with Gasteiger partial charge in [-0.15, -0.1) is 0 Å². The molecule has 3 aromatic rings. The van der Waals surface area contributed by atoms with Crippen molar-refractivity contribution in [3.05, 3.63) is 82.7 Å². The molecule has 3 rings (SSSR count). The van der Waals surface area contributed by atoms with Gasteiger partial charge in [0.05, 0.1) is 0 Å². The van der Waals surface area contributed by atoms with E-state index >= 15 is 0 Å². The Labute approximate surface area is 171 Å². The Hall–Kier alpha value is -3.52. The first-order valence-corrected chi connectivity index (χ1v) is 9.66. The maximum atomic E-state index is 12.3. The standard InChI is InChI=1S/C24H24N2O3/c1-4-8-19-11-13-20(14-12-19)15-16-22-23(17(2)26-29-22)25-24(27)28-18(3)21-9-6-5-7-10-21/h5-7,9-14,18H,4,8H2,1-3H3,(H,25,27)/t18-/m1/s1. The summed E-state index contributed by atoms with van der Waals surface area (Å²) in [7, 11) is 0. The molecule has 1 aromatic heterocycles. The fourth-order valence-electron chi connectivity index (χ4n) is 2.86. The number of hydrogen-bond donors (Lipinski definition) is 1. The Balaban J connectivity index is 1.69. The zero-order chi connectivity index (χ0) is 20.6. The Morgan fingerprint density at radius 1 is 1.14 bits per heavy atom. The van der Waals surface area contributed by atoms with E-state index in [1.807, 2.05) is 49.4 Å². The van der Waals surface area contributed by atoms with E-state index in [2.05, 4.69) is 41.4 Å². The number of ether oxygens (including phenoxy) is 1. The number of nitrogens with zero attached hydrogens (tertiary/aromatic N) is 1. The van der Waals surface area contributed by atoms with Crippen LogP contribution in [0.3, 0.4) is 0 Å². The summed E-state index contributed by atoms with van der Waals surface area (Å²) in [6.45, 7) is 5.71. The highest BCUT2D eigenvalue weighted by atomic mass is 16.6. The number of benzene rings is 2. The van der Waals surface area contributed by atoms with E-state index in [9.17, 15) is 4.79 Å². The summed E-state index contributed by atoms with van der Waals surface area (Å²) in [6.07, 6.45) is 1.19. The van der Waals surface area contributed by atoms with Gasteiger partial charge in [0, 0.05) is 5.56 Å². The largest absolute Gasteiger partial charge is 0.441 e. The zero-order valence-corrected chi connectivity index (χ0v) is 16.9. The summed E-state index contributed by atoms with van der Waals surface area (Å²) in [5, 5.41) is 6.61. The van der Waals surface area contributed by atoms with Gasteiger partial charge in [0.2, 0.25) is 5.76 Å². The molecule has 148 valence electrons. The summed E-state index contributed by atoms with van der Waals surface area (Å²) in [4.78, 5) is 12.3. The summed E-state index contributed by atoms with van der Waals surface area (Å²) in [6, 6.07) is 17.6. The van der Waals surface area contributed by atoms with Crippen molar-refractivity contribution in [3.63, 3.8) is 0 Å². The van der Waals surface area contributed by atoms with Crippen molar-refractivity contribution in [2.45, 2.75) is 39.7 Å². The molecule has 0 saturated heterocycles. The summed E-state index contributed by atoms with van der Waals surface area (Å²) < 4.78 is 10.7. The molecule has 2 aromatic carbocycles. The van der Waals surface area contributed by atoms with Gasteiger partial charge in [-0.05, 0) is 49.4 Å². The van der Waals surface area contributed by atoms with Crippen LogP contribution < -0.4 is 5.32 Å². The van der Waals surface area contributed by atoms with Crippen LogP contribution in [0.15, 0.2) is 59.1 Å². The highest BCUT2D eigenvalue weighted by Crippen LogP contribution is 2.22. The third-order valence-electron chi connectivity index (χ3n) is 4.46. The quantitative estimate of drug-likeness (QED) is 0.574.